The van der Waals surface area contributed by atoms with Gasteiger partial charge in [-0.1, -0.05) is 0 Å². The first-order chi connectivity index (χ1) is 12.6. The van der Waals surface area contributed by atoms with Crippen molar-refractivity contribution in [2.45, 2.75) is 51.4 Å². The van der Waals surface area contributed by atoms with Gasteiger partial charge in [0, 0.05) is 36.9 Å². The Morgan fingerprint density at radius 3 is 2.63 bits per heavy atom. The highest BCUT2D eigenvalue weighted by atomic mass is 35.5. The van der Waals surface area contributed by atoms with Crippen molar-refractivity contribution in [1.29, 1.82) is 0 Å². The van der Waals surface area contributed by atoms with Gasteiger partial charge in [-0.2, -0.15) is 0 Å². The number of aliphatic hydroxyl groups excluding tert-OH is 1. The molecular weight excluding hydrogens is 378 g/mol. The zero-order valence-electron chi connectivity index (χ0n) is 15.2. The number of hydrogen-bond acceptors (Lipinski definition) is 6. The summed E-state index contributed by atoms with van der Waals surface area (Å²) in [7, 11) is 0. The summed E-state index contributed by atoms with van der Waals surface area (Å²) in [5.41, 5.74) is -1.19. The molecule has 0 aliphatic carbocycles. The number of nitrogens with one attached hydrogen (secondary N) is 2. The average molecular weight is 400 g/mol. The lowest BCUT2D eigenvalue weighted by molar-refractivity contribution is -0.384. The number of rotatable bonds is 6. The number of halogens is 1. The van der Waals surface area contributed by atoms with Gasteiger partial charge in [-0.15, -0.1) is 11.6 Å². The van der Waals surface area contributed by atoms with Crippen LogP contribution in [-0.2, 0) is 9.59 Å². The smallest absolute Gasteiger partial charge is 0.293 e. The number of amides is 2. The summed E-state index contributed by atoms with van der Waals surface area (Å²) in [6.07, 6.45) is -0.517. The van der Waals surface area contributed by atoms with Crippen molar-refractivity contribution in [1.82, 2.24) is 5.32 Å². The second-order valence-corrected chi connectivity index (χ2v) is 7.21. The van der Waals surface area contributed by atoms with Gasteiger partial charge in [0.25, 0.3) is 5.69 Å². The molecule has 3 N–H and O–H groups in total. The molecule has 148 valence electrons. The molecule has 0 fully saturated rings. The number of anilines is 1. The predicted octanol–water partition coefficient (Wildman–Crippen LogP) is 2.26. The summed E-state index contributed by atoms with van der Waals surface area (Å²) in [6.45, 7) is 4.51. The number of nitro groups is 1. The summed E-state index contributed by atoms with van der Waals surface area (Å²) >= 11 is 5.60. The molecule has 0 saturated carbocycles. The first-order valence-corrected chi connectivity index (χ1v) is 8.92. The molecule has 1 aromatic carbocycles. The molecule has 0 aromatic heterocycles. The van der Waals surface area contributed by atoms with Crippen molar-refractivity contribution in [3.8, 4) is 5.75 Å². The molecule has 2 atom stereocenters. The molecule has 0 unspecified atom stereocenters. The van der Waals surface area contributed by atoms with Crippen LogP contribution in [0.15, 0.2) is 12.1 Å². The highest BCUT2D eigenvalue weighted by Gasteiger charge is 2.44. The Balaban J connectivity index is 2.51. The Labute approximate surface area is 161 Å². The largest absolute Gasteiger partial charge is 0.485 e. The minimum absolute atomic E-state index is 0.0225. The molecule has 0 saturated heterocycles. The van der Waals surface area contributed by atoms with E-state index < -0.39 is 28.6 Å². The Bertz CT molecular complexity index is 767. The van der Waals surface area contributed by atoms with E-state index in [2.05, 4.69) is 10.6 Å². The van der Waals surface area contributed by atoms with Gasteiger partial charge >= 0.3 is 0 Å². The molecule has 1 aliphatic heterocycles. The molecule has 0 spiro atoms. The van der Waals surface area contributed by atoms with Crippen molar-refractivity contribution >= 4 is 34.8 Å². The first kappa shape index (κ1) is 20.9. The second kappa shape index (κ2) is 8.10. The van der Waals surface area contributed by atoms with Crippen LogP contribution in [0.4, 0.5) is 11.4 Å². The van der Waals surface area contributed by atoms with E-state index in [4.69, 9.17) is 16.3 Å². The van der Waals surface area contributed by atoms with Gasteiger partial charge in [-0.25, -0.2) is 0 Å². The third kappa shape index (κ3) is 4.67. The SMILES string of the molecule is CC(=O)Nc1cc2c(cc1[N+](=O)[O-])[C@H](NC(=O)CCCCl)[C@@H](O)C(C)(C)O2. The number of fused-ring (bicyclic) bond motifs is 1. The standard InChI is InChI=1S/C17H22ClN3O6/c1-9(22)19-11-8-13-10(7-12(11)21(25)26)15(16(24)17(2,3)27-13)20-14(23)5-4-6-18/h7-8,15-16,24H,4-6H2,1-3H3,(H,19,22)(H,20,23)/t15-,16+/m0/s1. The maximum atomic E-state index is 12.2. The fourth-order valence-electron chi connectivity index (χ4n) is 2.90. The lowest BCUT2D eigenvalue weighted by Crippen LogP contribution is -2.53. The minimum atomic E-state index is -1.14. The zero-order valence-corrected chi connectivity index (χ0v) is 16.0. The molecule has 1 heterocycles. The Morgan fingerprint density at radius 1 is 1.41 bits per heavy atom. The van der Waals surface area contributed by atoms with Crippen molar-refractivity contribution in [2.24, 2.45) is 0 Å². The molecule has 2 rings (SSSR count). The van der Waals surface area contributed by atoms with Crippen LogP contribution in [0.25, 0.3) is 0 Å². The monoisotopic (exact) mass is 399 g/mol. The first-order valence-electron chi connectivity index (χ1n) is 8.39. The van der Waals surface area contributed by atoms with E-state index in [-0.39, 0.29) is 35.0 Å². The number of aliphatic hydroxyl groups is 1. The molecule has 0 bridgehead atoms. The summed E-state index contributed by atoms with van der Waals surface area (Å²) in [5, 5.41) is 27.2. The number of nitrogens with zero attached hydrogens (tertiary/aromatic N) is 1. The van der Waals surface area contributed by atoms with Crippen LogP contribution >= 0.6 is 11.6 Å². The van der Waals surface area contributed by atoms with Crippen molar-refractivity contribution < 1.29 is 24.4 Å². The second-order valence-electron chi connectivity index (χ2n) is 6.83. The van der Waals surface area contributed by atoms with E-state index in [9.17, 15) is 24.8 Å². The van der Waals surface area contributed by atoms with Crippen molar-refractivity contribution in [2.75, 3.05) is 11.2 Å². The average Bonchev–Trinajstić information content (AvgIpc) is 2.55. The van der Waals surface area contributed by atoms with Gasteiger partial charge < -0.3 is 20.5 Å². The highest BCUT2D eigenvalue weighted by molar-refractivity contribution is 6.17. The third-order valence-electron chi connectivity index (χ3n) is 4.23. The molecule has 1 aromatic rings. The zero-order chi connectivity index (χ0) is 20.4. The number of ether oxygens (including phenoxy) is 1. The van der Waals surface area contributed by atoms with E-state index >= 15 is 0 Å². The molecule has 27 heavy (non-hydrogen) atoms. The van der Waals surface area contributed by atoms with Crippen LogP contribution in [-0.4, -0.2) is 39.4 Å². The molecule has 0 radical (unpaired) electrons. The van der Waals surface area contributed by atoms with Crippen LogP contribution < -0.4 is 15.4 Å². The van der Waals surface area contributed by atoms with E-state index in [0.717, 1.165) is 0 Å². The van der Waals surface area contributed by atoms with Gasteiger partial charge in [0.05, 0.1) is 11.0 Å². The van der Waals surface area contributed by atoms with Crippen LogP contribution in [0, 0.1) is 10.1 Å². The van der Waals surface area contributed by atoms with Crippen LogP contribution in [0.5, 0.6) is 5.75 Å². The van der Waals surface area contributed by atoms with E-state index in [0.29, 0.717) is 12.3 Å². The summed E-state index contributed by atoms with van der Waals surface area (Å²) in [5.74, 6) is -0.254. The van der Waals surface area contributed by atoms with Crippen molar-refractivity contribution in [3.63, 3.8) is 0 Å². The van der Waals surface area contributed by atoms with Gasteiger partial charge in [0.2, 0.25) is 11.8 Å². The van der Waals surface area contributed by atoms with E-state index in [1.165, 1.54) is 19.1 Å². The van der Waals surface area contributed by atoms with E-state index in [1.54, 1.807) is 13.8 Å². The fourth-order valence-corrected chi connectivity index (χ4v) is 3.04. The summed E-state index contributed by atoms with van der Waals surface area (Å²) < 4.78 is 5.79. The number of nitro benzene ring substituents is 1. The molecule has 10 heteroatoms. The van der Waals surface area contributed by atoms with Crippen LogP contribution in [0.3, 0.4) is 0 Å². The van der Waals surface area contributed by atoms with E-state index in [1.807, 2.05) is 0 Å². The normalized spacial score (nSPS) is 20.2. The number of carbonyl (C=O) groups excluding carboxylic acids is 2. The minimum Gasteiger partial charge on any atom is -0.485 e. The molecule has 9 nitrogen and oxygen atoms in total. The van der Waals surface area contributed by atoms with Gasteiger partial charge in [0.1, 0.15) is 23.1 Å². The topological polar surface area (TPSA) is 131 Å². The van der Waals surface area contributed by atoms with Crippen LogP contribution in [0.2, 0.25) is 0 Å². The van der Waals surface area contributed by atoms with Gasteiger partial charge in [-0.05, 0) is 20.3 Å². The van der Waals surface area contributed by atoms with Gasteiger partial charge in [0.15, 0.2) is 0 Å². The lowest BCUT2D eigenvalue weighted by Gasteiger charge is -2.42. The molecular formula is C17H22ClN3O6. The van der Waals surface area contributed by atoms with Crippen LogP contribution in [0.1, 0.15) is 45.2 Å². The maximum absolute atomic E-state index is 12.2. The number of carbonyl (C=O) groups is 2. The number of hydrogen-bond donors (Lipinski definition) is 3. The van der Waals surface area contributed by atoms with Crippen molar-refractivity contribution in [3.05, 3.63) is 27.8 Å². The Hall–Kier alpha value is -2.39. The third-order valence-corrected chi connectivity index (χ3v) is 4.49. The predicted molar refractivity (Wildman–Crippen MR) is 99.0 cm³/mol. The molecule has 1 aliphatic rings. The lowest BCUT2D eigenvalue weighted by atomic mass is 9.86. The number of alkyl halides is 1. The quantitative estimate of drug-likeness (QED) is 0.382. The maximum Gasteiger partial charge on any atom is 0.293 e. The Kier molecular flexibility index (Phi) is 6.27. The van der Waals surface area contributed by atoms with Gasteiger partial charge in [-0.3, -0.25) is 19.7 Å². The number of benzene rings is 1. The fraction of sp³-hybridized carbons (Fsp3) is 0.529. The Morgan fingerprint density at radius 2 is 2.07 bits per heavy atom. The molecule has 2 amide bonds. The summed E-state index contributed by atoms with van der Waals surface area (Å²) in [6, 6.07) is 1.63. The highest BCUT2D eigenvalue weighted by Crippen LogP contribution is 2.44. The summed E-state index contributed by atoms with van der Waals surface area (Å²) in [4.78, 5) is 34.3.